The van der Waals surface area contributed by atoms with Crippen molar-refractivity contribution in [1.82, 2.24) is 4.98 Å². The Morgan fingerprint density at radius 3 is 2.60 bits per heavy atom. The van der Waals surface area contributed by atoms with Gasteiger partial charge in [-0.15, -0.1) is 0 Å². The van der Waals surface area contributed by atoms with Crippen LogP contribution in [0.1, 0.15) is 5.56 Å². The number of hydrogen-bond donors (Lipinski definition) is 1. The van der Waals surface area contributed by atoms with Gasteiger partial charge in [-0.2, -0.15) is 0 Å². The summed E-state index contributed by atoms with van der Waals surface area (Å²) in [4.78, 5) is 26.1. The van der Waals surface area contributed by atoms with E-state index >= 15 is 0 Å². The number of esters is 1. The summed E-state index contributed by atoms with van der Waals surface area (Å²) in [7, 11) is 1.30. The average Bonchev–Trinajstić information content (AvgIpc) is 3.26. The first-order chi connectivity index (χ1) is 14.6. The first-order valence-electron chi connectivity index (χ1n) is 9.29. The molecule has 0 fully saturated rings. The third-order valence-corrected chi connectivity index (χ3v) is 4.94. The molecular formula is C24H18N2O4. The highest BCUT2D eigenvalue weighted by Gasteiger charge is 2.17. The fourth-order valence-electron chi connectivity index (χ4n) is 3.53. The van der Waals surface area contributed by atoms with Gasteiger partial charge in [0.25, 0.3) is 5.69 Å². The summed E-state index contributed by atoms with van der Waals surface area (Å²) in [6, 6.07) is 20.3. The molecule has 0 aliphatic rings. The third-order valence-electron chi connectivity index (χ3n) is 4.94. The number of hydrogen-bond acceptors (Lipinski definition) is 4. The Hall–Kier alpha value is -4.19. The van der Waals surface area contributed by atoms with Crippen molar-refractivity contribution in [1.29, 1.82) is 0 Å². The van der Waals surface area contributed by atoms with Crippen LogP contribution in [0.3, 0.4) is 0 Å². The number of carbonyl (C=O) groups excluding carboxylic acids is 1. The van der Waals surface area contributed by atoms with Gasteiger partial charge in [0.05, 0.1) is 23.1 Å². The lowest BCUT2D eigenvalue weighted by Crippen LogP contribution is -1.96. The molecule has 4 aromatic rings. The summed E-state index contributed by atoms with van der Waals surface area (Å²) in [6.45, 7) is 0. The van der Waals surface area contributed by atoms with Gasteiger partial charge in [-0.05, 0) is 46.4 Å². The van der Waals surface area contributed by atoms with Gasteiger partial charge in [0.15, 0.2) is 0 Å². The van der Waals surface area contributed by atoms with Gasteiger partial charge in [-0.25, -0.2) is 4.79 Å². The predicted molar refractivity (Wildman–Crippen MR) is 117 cm³/mol. The minimum absolute atomic E-state index is 0.00411. The van der Waals surface area contributed by atoms with Crippen molar-refractivity contribution >= 4 is 28.6 Å². The Kier molecular flexibility index (Phi) is 5.13. The molecule has 4 rings (SSSR count). The number of ether oxygens (including phenoxy) is 1. The van der Waals surface area contributed by atoms with Crippen molar-refractivity contribution < 1.29 is 14.5 Å². The van der Waals surface area contributed by atoms with Crippen LogP contribution in [0.5, 0.6) is 0 Å². The Morgan fingerprint density at radius 1 is 1.00 bits per heavy atom. The molecule has 0 bridgehead atoms. The second kappa shape index (κ2) is 8.05. The lowest BCUT2D eigenvalue weighted by molar-refractivity contribution is -0.384. The van der Waals surface area contributed by atoms with Gasteiger partial charge >= 0.3 is 5.97 Å². The van der Waals surface area contributed by atoms with Crippen LogP contribution in [0.2, 0.25) is 0 Å². The second-order valence-corrected chi connectivity index (χ2v) is 6.68. The maximum absolute atomic E-state index is 11.7. The van der Waals surface area contributed by atoms with Gasteiger partial charge in [0.1, 0.15) is 0 Å². The Labute approximate surface area is 172 Å². The summed E-state index contributed by atoms with van der Waals surface area (Å²) >= 11 is 0. The van der Waals surface area contributed by atoms with Crippen LogP contribution in [-0.4, -0.2) is 23.0 Å². The topological polar surface area (TPSA) is 85.2 Å². The molecule has 3 aromatic carbocycles. The number of aromatic nitrogens is 1. The minimum Gasteiger partial charge on any atom is -0.466 e. The maximum atomic E-state index is 11.7. The number of methoxy groups -OCH3 is 1. The number of aromatic amines is 1. The average molecular weight is 398 g/mol. The zero-order valence-corrected chi connectivity index (χ0v) is 16.2. The molecule has 0 unspecified atom stereocenters. The van der Waals surface area contributed by atoms with Gasteiger partial charge < -0.3 is 9.72 Å². The molecule has 1 N–H and O–H groups in total. The van der Waals surface area contributed by atoms with Crippen LogP contribution in [-0.2, 0) is 9.53 Å². The SMILES string of the molecule is COC(=O)C=Cc1cc(-c2cccc3cc[nH]c23)ccc1-c1ccccc1[N+](=O)[O-]. The number of para-hydroxylation sites is 2. The molecule has 0 spiro atoms. The normalized spacial score (nSPS) is 11.1. The standard InChI is InChI=1S/C24H18N2O4/c1-30-23(27)12-10-17-15-18(20-7-4-5-16-13-14-25-24(16)20)9-11-19(17)21-6-2-3-8-22(21)26(28)29/h2-15,25H,1H3. The molecule has 0 saturated carbocycles. The second-order valence-electron chi connectivity index (χ2n) is 6.68. The zero-order valence-electron chi connectivity index (χ0n) is 16.2. The van der Waals surface area contributed by atoms with Crippen molar-refractivity contribution in [3.05, 3.63) is 94.7 Å². The van der Waals surface area contributed by atoms with E-state index in [4.69, 9.17) is 4.74 Å². The number of benzene rings is 3. The number of nitrogens with one attached hydrogen (secondary N) is 1. The summed E-state index contributed by atoms with van der Waals surface area (Å²) in [5, 5.41) is 12.6. The molecule has 0 aliphatic heterocycles. The highest BCUT2D eigenvalue weighted by molar-refractivity contribution is 5.96. The smallest absolute Gasteiger partial charge is 0.330 e. The fourth-order valence-corrected chi connectivity index (χ4v) is 3.53. The van der Waals surface area contributed by atoms with E-state index in [1.54, 1.807) is 24.3 Å². The quantitative estimate of drug-likeness (QED) is 0.205. The molecule has 6 nitrogen and oxygen atoms in total. The van der Waals surface area contributed by atoms with E-state index in [0.717, 1.165) is 22.0 Å². The minimum atomic E-state index is -0.500. The summed E-state index contributed by atoms with van der Waals surface area (Å²) < 4.78 is 4.70. The van der Waals surface area contributed by atoms with E-state index in [1.165, 1.54) is 19.3 Å². The van der Waals surface area contributed by atoms with Crippen molar-refractivity contribution in [2.75, 3.05) is 7.11 Å². The summed E-state index contributed by atoms with van der Waals surface area (Å²) in [5.41, 5.74) is 4.75. The number of nitrogens with zero attached hydrogens (tertiary/aromatic N) is 1. The lowest BCUT2D eigenvalue weighted by Gasteiger charge is -2.11. The number of fused-ring (bicyclic) bond motifs is 1. The highest BCUT2D eigenvalue weighted by Crippen LogP contribution is 2.36. The molecule has 0 radical (unpaired) electrons. The van der Waals surface area contributed by atoms with Crippen LogP contribution in [0.25, 0.3) is 39.2 Å². The van der Waals surface area contributed by atoms with E-state index < -0.39 is 10.9 Å². The summed E-state index contributed by atoms with van der Waals surface area (Å²) in [6.07, 6.45) is 4.82. The molecule has 148 valence electrons. The van der Waals surface area contributed by atoms with Gasteiger partial charge in [0, 0.05) is 23.9 Å². The van der Waals surface area contributed by atoms with E-state index in [9.17, 15) is 14.9 Å². The molecule has 0 atom stereocenters. The molecule has 1 aromatic heterocycles. The van der Waals surface area contributed by atoms with Gasteiger partial charge in [0.2, 0.25) is 0 Å². The molecule has 0 saturated heterocycles. The predicted octanol–water partition coefficient (Wildman–Crippen LogP) is 5.60. The largest absolute Gasteiger partial charge is 0.466 e. The Bertz CT molecular complexity index is 1290. The number of carbonyl (C=O) groups is 1. The van der Waals surface area contributed by atoms with Crippen LogP contribution in [0.4, 0.5) is 5.69 Å². The van der Waals surface area contributed by atoms with Crippen molar-refractivity contribution in [3.63, 3.8) is 0 Å². The van der Waals surface area contributed by atoms with E-state index in [1.807, 2.05) is 48.7 Å². The van der Waals surface area contributed by atoms with Crippen molar-refractivity contribution in [2.24, 2.45) is 0 Å². The maximum Gasteiger partial charge on any atom is 0.330 e. The van der Waals surface area contributed by atoms with E-state index in [-0.39, 0.29) is 5.69 Å². The molecular weight excluding hydrogens is 380 g/mol. The molecule has 0 aliphatic carbocycles. The monoisotopic (exact) mass is 398 g/mol. The number of H-pyrrole nitrogens is 1. The first-order valence-corrected chi connectivity index (χ1v) is 9.29. The van der Waals surface area contributed by atoms with Crippen LogP contribution < -0.4 is 0 Å². The van der Waals surface area contributed by atoms with Crippen molar-refractivity contribution in [2.45, 2.75) is 0 Å². The van der Waals surface area contributed by atoms with E-state index in [2.05, 4.69) is 4.98 Å². The zero-order chi connectivity index (χ0) is 21.1. The van der Waals surface area contributed by atoms with Gasteiger partial charge in [-0.1, -0.05) is 42.5 Å². The van der Waals surface area contributed by atoms with E-state index in [0.29, 0.717) is 16.7 Å². The van der Waals surface area contributed by atoms with Gasteiger partial charge in [-0.3, -0.25) is 10.1 Å². The molecule has 0 amide bonds. The lowest BCUT2D eigenvalue weighted by atomic mass is 9.93. The molecule has 30 heavy (non-hydrogen) atoms. The van der Waals surface area contributed by atoms with Crippen LogP contribution >= 0.6 is 0 Å². The van der Waals surface area contributed by atoms with Crippen LogP contribution in [0.15, 0.2) is 79.0 Å². The Balaban J connectivity index is 1.92. The molecule has 6 heteroatoms. The Morgan fingerprint density at radius 2 is 1.80 bits per heavy atom. The fraction of sp³-hybridized carbons (Fsp3) is 0.0417. The number of rotatable bonds is 5. The first kappa shape index (κ1) is 19.1. The highest BCUT2D eigenvalue weighted by atomic mass is 16.6. The van der Waals surface area contributed by atoms with Crippen molar-refractivity contribution in [3.8, 4) is 22.3 Å². The summed E-state index contributed by atoms with van der Waals surface area (Å²) in [5.74, 6) is -0.500. The molecule has 1 heterocycles. The number of nitro benzene ring substituents is 1. The van der Waals surface area contributed by atoms with Crippen LogP contribution in [0, 0.1) is 10.1 Å². The third kappa shape index (κ3) is 3.58. The number of nitro groups is 1.